The number of carbonyl (C=O) groups is 1. The van der Waals surface area contributed by atoms with Gasteiger partial charge >= 0.3 is 5.97 Å². The molecular formula is C16H22NO4+. The van der Waals surface area contributed by atoms with Gasteiger partial charge in [-0.25, -0.2) is 4.79 Å². The first-order valence-corrected chi connectivity index (χ1v) is 7.35. The van der Waals surface area contributed by atoms with Crippen LogP contribution >= 0.6 is 0 Å². The second kappa shape index (κ2) is 6.63. The first-order valence-electron chi connectivity index (χ1n) is 7.35. The van der Waals surface area contributed by atoms with Gasteiger partial charge in [-0.05, 0) is 39.0 Å². The van der Waals surface area contributed by atoms with Gasteiger partial charge < -0.3 is 19.2 Å². The number of aromatic hydroxyl groups is 1. The molecule has 0 fully saturated rings. The van der Waals surface area contributed by atoms with Crippen molar-refractivity contribution in [3.63, 3.8) is 0 Å². The van der Waals surface area contributed by atoms with Crippen LogP contribution in [0.25, 0.3) is 11.0 Å². The van der Waals surface area contributed by atoms with Gasteiger partial charge in [0.25, 0.3) is 0 Å². The lowest BCUT2D eigenvalue weighted by molar-refractivity contribution is -0.911. The molecule has 1 aromatic carbocycles. The Morgan fingerprint density at radius 1 is 1.29 bits per heavy atom. The van der Waals surface area contributed by atoms with Crippen molar-refractivity contribution in [2.45, 2.75) is 27.3 Å². The van der Waals surface area contributed by atoms with Gasteiger partial charge in [0.15, 0.2) is 5.76 Å². The maximum atomic E-state index is 12.2. The van der Waals surface area contributed by atoms with Crippen molar-refractivity contribution in [3.8, 4) is 5.75 Å². The average molecular weight is 292 g/mol. The highest BCUT2D eigenvalue weighted by atomic mass is 16.5. The third-order valence-corrected chi connectivity index (χ3v) is 3.63. The summed E-state index contributed by atoms with van der Waals surface area (Å²) in [6.07, 6.45) is 0. The standard InChI is InChI=1S/C16H21NO4/c1-4-17(5-2)10-14-15(16(19)20-6-3)12-9-11(18)7-8-13(12)21-14/h7-9,18H,4-6,10H2,1-3H3/p+1. The summed E-state index contributed by atoms with van der Waals surface area (Å²) in [7, 11) is 0. The monoisotopic (exact) mass is 292 g/mol. The van der Waals surface area contributed by atoms with Crippen LogP contribution in [0.4, 0.5) is 0 Å². The zero-order chi connectivity index (χ0) is 15.4. The van der Waals surface area contributed by atoms with Gasteiger partial charge in [-0.3, -0.25) is 0 Å². The van der Waals surface area contributed by atoms with Crippen molar-refractivity contribution in [1.82, 2.24) is 0 Å². The summed E-state index contributed by atoms with van der Waals surface area (Å²) in [5.74, 6) is 0.326. The van der Waals surface area contributed by atoms with Crippen molar-refractivity contribution < 1.29 is 24.0 Å². The molecule has 5 nitrogen and oxygen atoms in total. The molecule has 2 N–H and O–H groups in total. The predicted molar refractivity (Wildman–Crippen MR) is 79.6 cm³/mol. The molecule has 0 radical (unpaired) electrons. The lowest BCUT2D eigenvalue weighted by Crippen LogP contribution is -3.10. The van der Waals surface area contributed by atoms with E-state index in [0.29, 0.717) is 35.4 Å². The van der Waals surface area contributed by atoms with E-state index in [1.54, 1.807) is 25.1 Å². The lowest BCUT2D eigenvalue weighted by Gasteiger charge is -2.14. The topological polar surface area (TPSA) is 64.1 Å². The molecule has 5 heteroatoms. The Balaban J connectivity index is 2.52. The molecule has 0 saturated carbocycles. The molecule has 21 heavy (non-hydrogen) atoms. The van der Waals surface area contributed by atoms with E-state index in [4.69, 9.17) is 9.15 Å². The van der Waals surface area contributed by atoms with Crippen LogP contribution in [0.1, 0.15) is 36.9 Å². The Kier molecular flexibility index (Phi) is 4.85. The van der Waals surface area contributed by atoms with Crippen molar-refractivity contribution >= 4 is 16.9 Å². The number of benzene rings is 1. The van der Waals surface area contributed by atoms with Gasteiger partial charge in [0.05, 0.1) is 19.7 Å². The number of rotatable bonds is 6. The zero-order valence-corrected chi connectivity index (χ0v) is 12.7. The van der Waals surface area contributed by atoms with Gasteiger partial charge in [0.2, 0.25) is 0 Å². The molecule has 0 saturated heterocycles. The fraction of sp³-hybridized carbons (Fsp3) is 0.438. The highest BCUT2D eigenvalue weighted by Crippen LogP contribution is 2.29. The zero-order valence-electron chi connectivity index (χ0n) is 12.7. The van der Waals surface area contributed by atoms with Crippen LogP contribution < -0.4 is 4.90 Å². The minimum absolute atomic E-state index is 0.107. The third kappa shape index (κ3) is 3.19. The SMILES string of the molecule is CCOC(=O)c1c(C[NH+](CC)CC)oc2ccc(O)cc12. The summed E-state index contributed by atoms with van der Waals surface area (Å²) in [6, 6.07) is 4.77. The Bertz CT molecular complexity index is 628. The number of quaternary nitrogens is 1. The van der Waals surface area contributed by atoms with Crippen LogP contribution in [0.15, 0.2) is 22.6 Å². The molecule has 0 atom stereocenters. The molecule has 0 aliphatic rings. The number of ether oxygens (including phenoxy) is 1. The number of esters is 1. The van der Waals surface area contributed by atoms with Gasteiger partial charge in [0.1, 0.15) is 23.4 Å². The minimum Gasteiger partial charge on any atom is -0.508 e. The minimum atomic E-state index is -0.400. The molecule has 0 aliphatic carbocycles. The number of hydrogen-bond donors (Lipinski definition) is 2. The summed E-state index contributed by atoms with van der Waals surface area (Å²) in [5.41, 5.74) is 1.03. The fourth-order valence-corrected chi connectivity index (χ4v) is 2.41. The molecule has 2 aromatic rings. The van der Waals surface area contributed by atoms with Gasteiger partial charge in [0, 0.05) is 5.39 Å². The molecule has 1 heterocycles. The largest absolute Gasteiger partial charge is 0.508 e. The maximum Gasteiger partial charge on any atom is 0.342 e. The molecule has 114 valence electrons. The molecule has 0 amide bonds. The van der Waals surface area contributed by atoms with E-state index in [9.17, 15) is 9.90 Å². The molecule has 0 bridgehead atoms. The Morgan fingerprint density at radius 2 is 2.00 bits per heavy atom. The molecule has 0 spiro atoms. The van der Waals surface area contributed by atoms with E-state index in [-0.39, 0.29) is 5.75 Å². The number of nitrogens with one attached hydrogen (secondary N) is 1. The number of fused-ring (bicyclic) bond motifs is 1. The third-order valence-electron chi connectivity index (χ3n) is 3.63. The van der Waals surface area contributed by atoms with Crippen LogP contribution in [0.5, 0.6) is 5.75 Å². The van der Waals surface area contributed by atoms with Crippen molar-refractivity contribution in [3.05, 3.63) is 29.5 Å². The van der Waals surface area contributed by atoms with E-state index in [1.165, 1.54) is 4.90 Å². The van der Waals surface area contributed by atoms with Crippen LogP contribution in [-0.2, 0) is 11.3 Å². The normalized spacial score (nSPS) is 11.2. The van der Waals surface area contributed by atoms with E-state index in [2.05, 4.69) is 13.8 Å². The Morgan fingerprint density at radius 3 is 2.62 bits per heavy atom. The molecule has 0 aliphatic heterocycles. The van der Waals surface area contributed by atoms with Gasteiger partial charge in [-0.2, -0.15) is 0 Å². The Hall–Kier alpha value is -2.01. The molecule has 2 rings (SSSR count). The first-order chi connectivity index (χ1) is 10.1. The number of furan rings is 1. The summed E-state index contributed by atoms with van der Waals surface area (Å²) in [4.78, 5) is 13.5. The fourth-order valence-electron chi connectivity index (χ4n) is 2.41. The van der Waals surface area contributed by atoms with Crippen LogP contribution in [0, 0.1) is 0 Å². The first kappa shape index (κ1) is 15.4. The van der Waals surface area contributed by atoms with Gasteiger partial charge in [-0.15, -0.1) is 0 Å². The quantitative estimate of drug-likeness (QED) is 0.796. The predicted octanol–water partition coefficient (Wildman–Crippen LogP) is 1.74. The second-order valence-corrected chi connectivity index (χ2v) is 4.94. The number of carbonyl (C=O) groups excluding carboxylic acids is 1. The van der Waals surface area contributed by atoms with Crippen LogP contribution in [0.2, 0.25) is 0 Å². The molecular weight excluding hydrogens is 270 g/mol. The lowest BCUT2D eigenvalue weighted by atomic mass is 10.1. The van der Waals surface area contributed by atoms with Crippen molar-refractivity contribution in [2.75, 3.05) is 19.7 Å². The Labute approximate surface area is 124 Å². The number of phenols is 1. The summed E-state index contributed by atoms with van der Waals surface area (Å²) in [5, 5.41) is 10.3. The smallest absolute Gasteiger partial charge is 0.342 e. The van der Waals surface area contributed by atoms with Gasteiger partial charge in [-0.1, -0.05) is 0 Å². The van der Waals surface area contributed by atoms with Crippen LogP contribution in [-0.4, -0.2) is 30.8 Å². The summed E-state index contributed by atoms with van der Waals surface area (Å²) < 4.78 is 11.0. The highest BCUT2D eigenvalue weighted by molar-refractivity contribution is 6.04. The van der Waals surface area contributed by atoms with Crippen molar-refractivity contribution in [2.24, 2.45) is 0 Å². The van der Waals surface area contributed by atoms with Crippen molar-refractivity contribution in [1.29, 1.82) is 0 Å². The van der Waals surface area contributed by atoms with E-state index in [1.807, 2.05) is 0 Å². The van der Waals surface area contributed by atoms with E-state index < -0.39 is 5.97 Å². The number of hydrogen-bond acceptors (Lipinski definition) is 4. The number of phenolic OH excluding ortho intramolecular Hbond substituents is 1. The van der Waals surface area contributed by atoms with E-state index >= 15 is 0 Å². The second-order valence-electron chi connectivity index (χ2n) is 4.94. The average Bonchev–Trinajstić information content (AvgIpc) is 2.82. The molecule has 0 unspecified atom stereocenters. The summed E-state index contributed by atoms with van der Waals surface area (Å²) in [6.45, 7) is 8.78. The molecule has 1 aromatic heterocycles. The maximum absolute atomic E-state index is 12.2. The van der Waals surface area contributed by atoms with E-state index in [0.717, 1.165) is 13.1 Å². The van der Waals surface area contributed by atoms with Crippen LogP contribution in [0.3, 0.4) is 0 Å². The summed E-state index contributed by atoms with van der Waals surface area (Å²) >= 11 is 0. The highest BCUT2D eigenvalue weighted by Gasteiger charge is 2.24.